The second kappa shape index (κ2) is 12.2. The fourth-order valence-electron chi connectivity index (χ4n) is 4.57. The Hall–Kier alpha value is -4.70. The molecule has 1 atom stereocenters. The van der Waals surface area contributed by atoms with Crippen molar-refractivity contribution in [3.63, 3.8) is 0 Å². The van der Waals surface area contributed by atoms with Crippen LogP contribution in [-0.2, 0) is 22.4 Å². The Balaban J connectivity index is 1.66. The molecule has 3 aromatic carbocycles. The molecule has 0 radical (unpaired) electrons. The Morgan fingerprint density at radius 1 is 1.05 bits per heavy atom. The average Bonchev–Trinajstić information content (AvgIpc) is 2.96. The first-order chi connectivity index (χ1) is 18.9. The van der Waals surface area contributed by atoms with E-state index in [0.29, 0.717) is 41.2 Å². The predicted octanol–water partition coefficient (Wildman–Crippen LogP) is 5.56. The first-order valence-corrected chi connectivity index (χ1v) is 12.9. The van der Waals surface area contributed by atoms with E-state index in [4.69, 9.17) is 14.5 Å². The molecule has 39 heavy (non-hydrogen) atoms. The van der Waals surface area contributed by atoms with Crippen LogP contribution in [0.3, 0.4) is 0 Å². The zero-order valence-electron chi connectivity index (χ0n) is 22.6. The monoisotopic (exact) mass is 521 g/mol. The maximum atomic E-state index is 13.8. The van der Waals surface area contributed by atoms with Gasteiger partial charge in [-0.2, -0.15) is 5.26 Å². The normalized spacial score (nSPS) is 11.5. The van der Waals surface area contributed by atoms with Gasteiger partial charge in [-0.05, 0) is 67.3 Å². The fraction of sp³-hybridized carbons (Fsp3) is 0.250. The summed E-state index contributed by atoms with van der Waals surface area (Å²) in [6.07, 6.45) is 1.28. The fourth-order valence-corrected chi connectivity index (χ4v) is 4.57. The number of hydrogen-bond acceptors (Lipinski definition) is 6. The SMILES string of the molecule is CCCc1nc(C)n(-c2ccc(OC(C)C(=O)OC)cc2)c(=O)c1Cc1ccc(-c2ccccc2C#N)cc1. The van der Waals surface area contributed by atoms with Crippen molar-refractivity contribution in [1.82, 2.24) is 9.55 Å². The highest BCUT2D eigenvalue weighted by molar-refractivity contribution is 5.74. The van der Waals surface area contributed by atoms with E-state index in [1.807, 2.05) is 49.4 Å². The Morgan fingerprint density at radius 2 is 1.74 bits per heavy atom. The van der Waals surface area contributed by atoms with E-state index in [9.17, 15) is 14.9 Å². The van der Waals surface area contributed by atoms with E-state index in [1.165, 1.54) is 7.11 Å². The van der Waals surface area contributed by atoms with E-state index in [0.717, 1.165) is 28.8 Å². The smallest absolute Gasteiger partial charge is 0.346 e. The number of rotatable bonds is 9. The van der Waals surface area contributed by atoms with Gasteiger partial charge >= 0.3 is 5.97 Å². The number of hydrogen-bond donors (Lipinski definition) is 0. The molecule has 0 saturated heterocycles. The molecule has 0 spiro atoms. The number of ether oxygens (including phenoxy) is 2. The molecule has 0 aliphatic rings. The topological polar surface area (TPSA) is 94.2 Å². The zero-order chi connectivity index (χ0) is 27.9. The summed E-state index contributed by atoms with van der Waals surface area (Å²) in [5, 5.41) is 9.45. The minimum absolute atomic E-state index is 0.110. The molecule has 1 heterocycles. The third-order valence-corrected chi connectivity index (χ3v) is 6.55. The van der Waals surface area contributed by atoms with Crippen LogP contribution in [-0.4, -0.2) is 28.7 Å². The van der Waals surface area contributed by atoms with Gasteiger partial charge in [-0.3, -0.25) is 9.36 Å². The summed E-state index contributed by atoms with van der Waals surface area (Å²) >= 11 is 0. The molecular weight excluding hydrogens is 490 g/mol. The molecule has 0 aliphatic heterocycles. The van der Waals surface area contributed by atoms with Crippen molar-refractivity contribution in [2.45, 2.75) is 46.1 Å². The van der Waals surface area contributed by atoms with Crippen LogP contribution in [0.2, 0.25) is 0 Å². The van der Waals surface area contributed by atoms with Crippen molar-refractivity contribution in [2.24, 2.45) is 0 Å². The highest BCUT2D eigenvalue weighted by Crippen LogP contribution is 2.25. The van der Waals surface area contributed by atoms with E-state index < -0.39 is 12.1 Å². The Kier molecular flexibility index (Phi) is 8.57. The largest absolute Gasteiger partial charge is 0.479 e. The highest BCUT2D eigenvalue weighted by Gasteiger charge is 2.18. The van der Waals surface area contributed by atoms with Crippen molar-refractivity contribution in [1.29, 1.82) is 5.26 Å². The minimum Gasteiger partial charge on any atom is -0.479 e. The van der Waals surface area contributed by atoms with Crippen LogP contribution in [0.15, 0.2) is 77.6 Å². The summed E-state index contributed by atoms with van der Waals surface area (Å²) in [6, 6.07) is 24.7. The van der Waals surface area contributed by atoms with Crippen LogP contribution >= 0.6 is 0 Å². The molecule has 198 valence electrons. The summed E-state index contributed by atoms with van der Waals surface area (Å²) in [5.74, 6) is 0.636. The molecular formula is C32H31N3O4. The Morgan fingerprint density at radius 3 is 2.38 bits per heavy atom. The van der Waals surface area contributed by atoms with E-state index in [1.54, 1.807) is 41.8 Å². The summed E-state index contributed by atoms with van der Waals surface area (Å²) in [7, 11) is 1.31. The first-order valence-electron chi connectivity index (χ1n) is 12.9. The molecule has 7 nitrogen and oxygen atoms in total. The second-order valence-corrected chi connectivity index (χ2v) is 9.28. The maximum Gasteiger partial charge on any atom is 0.346 e. The summed E-state index contributed by atoms with van der Waals surface area (Å²) < 4.78 is 12.0. The average molecular weight is 522 g/mol. The Bertz CT molecular complexity index is 1570. The van der Waals surface area contributed by atoms with Crippen molar-refractivity contribution in [3.05, 3.63) is 111 Å². The van der Waals surface area contributed by atoms with Crippen LogP contribution in [0.1, 0.15) is 48.5 Å². The number of methoxy groups -OCH3 is 1. The second-order valence-electron chi connectivity index (χ2n) is 9.28. The molecule has 0 aliphatic carbocycles. The van der Waals surface area contributed by atoms with Gasteiger partial charge in [0.05, 0.1) is 30.1 Å². The molecule has 7 heteroatoms. The number of carbonyl (C=O) groups excluding carboxylic acids is 1. The van der Waals surface area contributed by atoms with Gasteiger partial charge < -0.3 is 9.47 Å². The molecule has 0 saturated carbocycles. The lowest BCUT2D eigenvalue weighted by atomic mass is 9.97. The van der Waals surface area contributed by atoms with Gasteiger partial charge in [0.25, 0.3) is 5.56 Å². The summed E-state index contributed by atoms with van der Waals surface area (Å²) in [6.45, 7) is 5.52. The number of nitrogens with zero attached hydrogens (tertiary/aromatic N) is 3. The maximum absolute atomic E-state index is 13.8. The molecule has 0 N–H and O–H groups in total. The van der Waals surface area contributed by atoms with Gasteiger partial charge in [0.15, 0.2) is 6.10 Å². The molecule has 0 bridgehead atoms. The molecule has 4 rings (SSSR count). The zero-order valence-corrected chi connectivity index (χ0v) is 22.6. The highest BCUT2D eigenvalue weighted by atomic mass is 16.6. The number of nitriles is 1. The van der Waals surface area contributed by atoms with Crippen molar-refractivity contribution in [3.8, 4) is 28.6 Å². The van der Waals surface area contributed by atoms with E-state index in [2.05, 4.69) is 13.0 Å². The quantitative estimate of drug-likeness (QED) is 0.268. The molecule has 0 amide bonds. The minimum atomic E-state index is -0.744. The van der Waals surface area contributed by atoms with Gasteiger partial charge in [0.1, 0.15) is 11.6 Å². The van der Waals surface area contributed by atoms with Crippen LogP contribution in [0, 0.1) is 18.3 Å². The van der Waals surface area contributed by atoms with Crippen LogP contribution in [0.4, 0.5) is 0 Å². The van der Waals surface area contributed by atoms with Gasteiger partial charge in [-0.25, -0.2) is 9.78 Å². The number of carbonyl (C=O) groups is 1. The first kappa shape index (κ1) is 27.3. The van der Waals surface area contributed by atoms with Crippen LogP contribution < -0.4 is 10.3 Å². The Labute approximate surface area is 228 Å². The van der Waals surface area contributed by atoms with E-state index >= 15 is 0 Å². The molecule has 1 unspecified atom stereocenters. The van der Waals surface area contributed by atoms with Gasteiger partial charge in [-0.1, -0.05) is 55.8 Å². The van der Waals surface area contributed by atoms with Crippen molar-refractivity contribution in [2.75, 3.05) is 7.11 Å². The number of aromatic nitrogens is 2. The number of benzene rings is 3. The lowest BCUT2D eigenvalue weighted by molar-refractivity contribution is -0.147. The van der Waals surface area contributed by atoms with Gasteiger partial charge in [0, 0.05) is 12.0 Å². The molecule has 4 aromatic rings. The summed E-state index contributed by atoms with van der Waals surface area (Å²) in [5.41, 5.74) is 5.46. The standard InChI is InChI=1S/C32H31N3O4/c1-5-8-30-29(19-23-11-13-24(14-12-23)28-10-7-6-9-25(28)20-33)31(36)35(22(3)34-30)26-15-17-27(18-16-26)39-21(2)32(37)38-4/h6-7,9-18,21H,5,8,19H2,1-4H3. The number of esters is 1. The molecule has 0 fully saturated rings. The van der Waals surface area contributed by atoms with Gasteiger partial charge in [0.2, 0.25) is 0 Å². The van der Waals surface area contributed by atoms with E-state index in [-0.39, 0.29) is 5.56 Å². The molecule has 1 aromatic heterocycles. The lowest BCUT2D eigenvalue weighted by Crippen LogP contribution is -2.28. The third-order valence-electron chi connectivity index (χ3n) is 6.55. The van der Waals surface area contributed by atoms with Crippen LogP contribution in [0.5, 0.6) is 5.75 Å². The lowest BCUT2D eigenvalue weighted by Gasteiger charge is -2.17. The van der Waals surface area contributed by atoms with Crippen molar-refractivity contribution >= 4 is 5.97 Å². The summed E-state index contributed by atoms with van der Waals surface area (Å²) in [4.78, 5) is 30.3. The van der Waals surface area contributed by atoms with Gasteiger partial charge in [-0.15, -0.1) is 0 Å². The van der Waals surface area contributed by atoms with Crippen molar-refractivity contribution < 1.29 is 14.3 Å². The number of aryl methyl sites for hydroxylation is 2. The van der Waals surface area contributed by atoms with Crippen LogP contribution in [0.25, 0.3) is 16.8 Å². The third kappa shape index (κ3) is 6.07. The predicted molar refractivity (Wildman–Crippen MR) is 150 cm³/mol.